The molecule has 0 radical (unpaired) electrons. The fourth-order valence-electron chi connectivity index (χ4n) is 3.68. The van der Waals surface area contributed by atoms with Crippen molar-refractivity contribution in [1.82, 2.24) is 10.2 Å². The maximum absolute atomic E-state index is 13.0. The van der Waals surface area contributed by atoms with E-state index in [2.05, 4.69) is 24.5 Å². The smallest absolute Gasteiger partial charge is 0.255 e. The molecule has 2 aliphatic rings. The molecule has 144 valence electrons. The zero-order valence-corrected chi connectivity index (χ0v) is 16.5. The summed E-state index contributed by atoms with van der Waals surface area (Å²) >= 11 is 0. The number of hydrogen-bond donors (Lipinski definition) is 2. The van der Waals surface area contributed by atoms with Crippen molar-refractivity contribution < 1.29 is 9.59 Å². The monoisotopic (exact) mass is 379 g/mol. The van der Waals surface area contributed by atoms with Crippen molar-refractivity contribution in [2.45, 2.75) is 33.1 Å². The van der Waals surface area contributed by atoms with Gasteiger partial charge in [0.25, 0.3) is 5.91 Å². The third kappa shape index (κ3) is 5.71. The number of anilines is 1. The number of likely N-dealkylation sites (tertiary alicyclic amines) is 1. The van der Waals surface area contributed by atoms with E-state index in [1.807, 2.05) is 23.1 Å². The molecule has 1 aromatic rings. The first-order valence-corrected chi connectivity index (χ1v) is 9.41. The zero-order valence-electron chi connectivity index (χ0n) is 15.7. The molecule has 2 atom stereocenters. The summed E-state index contributed by atoms with van der Waals surface area (Å²) in [5.41, 5.74) is 1.19. The Morgan fingerprint density at radius 3 is 2.42 bits per heavy atom. The molecule has 1 heterocycles. The molecule has 1 aliphatic carbocycles. The van der Waals surface area contributed by atoms with E-state index < -0.39 is 0 Å². The summed E-state index contributed by atoms with van der Waals surface area (Å²) in [4.78, 5) is 27.1. The molecule has 1 aromatic carbocycles. The molecule has 1 aliphatic heterocycles. The summed E-state index contributed by atoms with van der Waals surface area (Å²) in [5.74, 6) is 1.69. The van der Waals surface area contributed by atoms with Crippen molar-refractivity contribution in [3.63, 3.8) is 0 Å². The number of rotatable bonds is 6. The van der Waals surface area contributed by atoms with Crippen molar-refractivity contribution in [2.24, 2.45) is 17.8 Å². The van der Waals surface area contributed by atoms with Crippen LogP contribution in [-0.2, 0) is 4.79 Å². The van der Waals surface area contributed by atoms with Crippen LogP contribution in [0.3, 0.4) is 0 Å². The van der Waals surface area contributed by atoms with Crippen molar-refractivity contribution >= 4 is 29.9 Å². The highest BCUT2D eigenvalue weighted by Crippen LogP contribution is 2.27. The highest BCUT2D eigenvalue weighted by Gasteiger charge is 2.27. The van der Waals surface area contributed by atoms with E-state index >= 15 is 0 Å². The fourth-order valence-corrected chi connectivity index (χ4v) is 3.68. The second-order valence-electron chi connectivity index (χ2n) is 7.82. The van der Waals surface area contributed by atoms with Crippen molar-refractivity contribution in [1.29, 1.82) is 0 Å². The summed E-state index contributed by atoms with van der Waals surface area (Å²) in [6.45, 7) is 7.14. The van der Waals surface area contributed by atoms with Crippen LogP contribution in [0.25, 0.3) is 0 Å². The van der Waals surface area contributed by atoms with Crippen LogP contribution in [0.4, 0.5) is 5.69 Å². The second-order valence-corrected chi connectivity index (χ2v) is 7.82. The Bertz CT molecular complexity index is 623. The molecule has 0 aromatic heterocycles. The molecule has 1 saturated heterocycles. The predicted octanol–water partition coefficient (Wildman–Crippen LogP) is 3.16. The van der Waals surface area contributed by atoms with Gasteiger partial charge in [0.1, 0.15) is 0 Å². The molecule has 3 rings (SSSR count). The third-order valence-electron chi connectivity index (χ3n) is 5.00. The lowest BCUT2D eigenvalue weighted by Gasteiger charge is -2.35. The Morgan fingerprint density at radius 1 is 1.12 bits per heavy atom. The van der Waals surface area contributed by atoms with Gasteiger partial charge in [0, 0.05) is 13.1 Å². The minimum absolute atomic E-state index is 0. The van der Waals surface area contributed by atoms with Crippen molar-refractivity contribution in [3.05, 3.63) is 29.8 Å². The average Bonchev–Trinajstić information content (AvgIpc) is 3.38. The molecule has 2 fully saturated rings. The molecule has 1 saturated carbocycles. The molecule has 0 spiro atoms. The zero-order chi connectivity index (χ0) is 17.8. The topological polar surface area (TPSA) is 61.4 Å². The lowest BCUT2D eigenvalue weighted by molar-refractivity contribution is -0.115. The molecular weight excluding hydrogens is 350 g/mol. The van der Waals surface area contributed by atoms with E-state index in [0.717, 1.165) is 32.0 Å². The minimum Gasteiger partial charge on any atom is -0.338 e. The number of para-hydroxylation sites is 1. The third-order valence-corrected chi connectivity index (χ3v) is 5.00. The first-order valence-electron chi connectivity index (χ1n) is 9.41. The van der Waals surface area contributed by atoms with E-state index in [9.17, 15) is 9.59 Å². The quantitative estimate of drug-likeness (QED) is 0.798. The van der Waals surface area contributed by atoms with E-state index in [0.29, 0.717) is 23.1 Å². The minimum atomic E-state index is -0.0960. The number of piperidine rings is 1. The predicted molar refractivity (Wildman–Crippen MR) is 107 cm³/mol. The van der Waals surface area contributed by atoms with Crippen LogP contribution in [0.15, 0.2) is 24.3 Å². The number of carbonyl (C=O) groups excluding carboxylic acids is 2. The van der Waals surface area contributed by atoms with Crippen LogP contribution >= 0.6 is 12.4 Å². The number of halogens is 1. The first kappa shape index (κ1) is 20.7. The molecule has 26 heavy (non-hydrogen) atoms. The summed E-state index contributed by atoms with van der Waals surface area (Å²) in [7, 11) is 0. The van der Waals surface area contributed by atoms with Crippen LogP contribution in [0.5, 0.6) is 0 Å². The SMILES string of the molecule is CC1CC(C)CN(C(=O)c2ccccc2NC(=O)CNCC2CC2)C1.Cl. The lowest BCUT2D eigenvalue weighted by Crippen LogP contribution is -2.43. The fraction of sp³-hybridized carbons (Fsp3) is 0.600. The molecule has 6 heteroatoms. The molecule has 2 N–H and O–H groups in total. The number of amides is 2. The first-order chi connectivity index (χ1) is 12.0. The van der Waals surface area contributed by atoms with Crippen molar-refractivity contribution in [3.8, 4) is 0 Å². The van der Waals surface area contributed by atoms with Crippen LogP contribution in [0.2, 0.25) is 0 Å². The molecule has 0 bridgehead atoms. The molecule has 2 unspecified atom stereocenters. The van der Waals surface area contributed by atoms with Gasteiger partial charge in [0.05, 0.1) is 17.8 Å². The Balaban J connectivity index is 0.00000243. The van der Waals surface area contributed by atoms with E-state index in [-0.39, 0.29) is 30.8 Å². The summed E-state index contributed by atoms with van der Waals surface area (Å²) in [6.07, 6.45) is 3.69. The Hall–Kier alpha value is -1.59. The summed E-state index contributed by atoms with van der Waals surface area (Å²) < 4.78 is 0. The van der Waals surface area contributed by atoms with E-state index in [1.54, 1.807) is 6.07 Å². The van der Waals surface area contributed by atoms with Gasteiger partial charge < -0.3 is 15.5 Å². The molecule has 5 nitrogen and oxygen atoms in total. The Labute approximate surface area is 162 Å². The Morgan fingerprint density at radius 2 is 1.77 bits per heavy atom. The Kier molecular flexibility index (Phi) is 7.47. The van der Waals surface area contributed by atoms with Gasteiger partial charge in [-0.1, -0.05) is 26.0 Å². The van der Waals surface area contributed by atoms with Gasteiger partial charge in [-0.05, 0) is 55.7 Å². The second kappa shape index (κ2) is 9.38. The van der Waals surface area contributed by atoms with E-state index in [1.165, 1.54) is 12.8 Å². The number of nitrogens with one attached hydrogen (secondary N) is 2. The van der Waals surface area contributed by atoms with Crippen LogP contribution in [-0.4, -0.2) is 42.9 Å². The molecular formula is C20H30ClN3O2. The number of nitrogens with zero attached hydrogens (tertiary/aromatic N) is 1. The average molecular weight is 380 g/mol. The standard InChI is InChI=1S/C20H29N3O2.ClH/c1-14-9-15(2)13-23(12-14)20(25)17-5-3-4-6-18(17)22-19(24)11-21-10-16-7-8-16;/h3-6,14-16,21H,7-13H2,1-2H3,(H,22,24);1H. The van der Waals surface area contributed by atoms with Gasteiger partial charge in [-0.2, -0.15) is 0 Å². The van der Waals surface area contributed by atoms with E-state index in [4.69, 9.17) is 0 Å². The van der Waals surface area contributed by atoms with Crippen molar-refractivity contribution in [2.75, 3.05) is 31.5 Å². The van der Waals surface area contributed by atoms with Crippen LogP contribution < -0.4 is 10.6 Å². The maximum atomic E-state index is 13.0. The molecule has 2 amide bonds. The van der Waals surface area contributed by atoms with Gasteiger partial charge >= 0.3 is 0 Å². The van der Waals surface area contributed by atoms with Crippen LogP contribution in [0.1, 0.15) is 43.5 Å². The summed E-state index contributed by atoms with van der Waals surface area (Å²) in [5, 5.41) is 6.08. The largest absolute Gasteiger partial charge is 0.338 e. The number of carbonyl (C=O) groups is 2. The lowest BCUT2D eigenvalue weighted by atomic mass is 9.91. The van der Waals surface area contributed by atoms with Crippen LogP contribution in [0, 0.1) is 17.8 Å². The summed E-state index contributed by atoms with van der Waals surface area (Å²) in [6, 6.07) is 7.32. The van der Waals surface area contributed by atoms with Gasteiger partial charge in [-0.25, -0.2) is 0 Å². The highest BCUT2D eigenvalue weighted by atomic mass is 35.5. The number of hydrogen-bond acceptors (Lipinski definition) is 3. The maximum Gasteiger partial charge on any atom is 0.255 e. The van der Waals surface area contributed by atoms with Gasteiger partial charge in [-0.3, -0.25) is 9.59 Å². The normalized spacial score (nSPS) is 22.5. The highest BCUT2D eigenvalue weighted by molar-refractivity contribution is 6.04. The van der Waals surface area contributed by atoms with Gasteiger partial charge in [0.2, 0.25) is 5.91 Å². The number of benzene rings is 1. The van der Waals surface area contributed by atoms with Gasteiger partial charge in [0.15, 0.2) is 0 Å². The van der Waals surface area contributed by atoms with Gasteiger partial charge in [-0.15, -0.1) is 12.4 Å².